The maximum Gasteiger partial charge on any atom is 0.274 e. The number of hydrogen-bond donors (Lipinski definition) is 0. The van der Waals surface area contributed by atoms with Gasteiger partial charge in [0.25, 0.3) is 5.91 Å². The molecule has 0 spiro atoms. The molecule has 0 N–H and O–H groups in total. The molecular formula is C20H27N5O2. The molecule has 0 bridgehead atoms. The summed E-state index contributed by atoms with van der Waals surface area (Å²) in [5.41, 5.74) is 5.39. The number of fused-ring (bicyclic) bond motifs is 1. The van der Waals surface area contributed by atoms with E-state index in [1.54, 1.807) is 12.0 Å². The van der Waals surface area contributed by atoms with E-state index in [1.807, 2.05) is 54.2 Å². The van der Waals surface area contributed by atoms with Crippen molar-refractivity contribution in [2.75, 3.05) is 20.3 Å². The van der Waals surface area contributed by atoms with Gasteiger partial charge in [-0.1, -0.05) is 6.07 Å². The normalized spacial score (nSPS) is 11.3. The number of methoxy groups -OCH3 is 1. The maximum atomic E-state index is 13.2. The summed E-state index contributed by atoms with van der Waals surface area (Å²) >= 11 is 0. The summed E-state index contributed by atoms with van der Waals surface area (Å²) in [5, 5.41) is 4.57. The fourth-order valence-corrected chi connectivity index (χ4v) is 3.33. The first-order valence-corrected chi connectivity index (χ1v) is 9.22. The summed E-state index contributed by atoms with van der Waals surface area (Å²) in [6.45, 7) is 10.4. The van der Waals surface area contributed by atoms with Crippen LogP contribution >= 0.6 is 0 Å². The molecule has 3 heterocycles. The molecule has 0 fully saturated rings. The molecule has 7 heteroatoms. The van der Waals surface area contributed by atoms with Crippen LogP contribution in [-0.4, -0.2) is 50.2 Å². The quantitative estimate of drug-likeness (QED) is 0.642. The van der Waals surface area contributed by atoms with Gasteiger partial charge in [-0.05, 0) is 39.8 Å². The molecule has 3 aromatic rings. The number of ether oxygens (including phenoxy) is 1. The van der Waals surface area contributed by atoms with E-state index in [-0.39, 0.29) is 5.91 Å². The Morgan fingerprint density at radius 3 is 2.67 bits per heavy atom. The number of rotatable bonds is 7. The zero-order valence-electron chi connectivity index (χ0n) is 16.7. The van der Waals surface area contributed by atoms with Gasteiger partial charge in [0.05, 0.1) is 12.3 Å². The predicted octanol–water partition coefficient (Wildman–Crippen LogP) is 2.76. The fourth-order valence-electron chi connectivity index (χ4n) is 3.33. The van der Waals surface area contributed by atoms with Gasteiger partial charge in [-0.25, -0.2) is 4.98 Å². The van der Waals surface area contributed by atoms with Crippen LogP contribution in [0.3, 0.4) is 0 Å². The first kappa shape index (κ1) is 19.1. The lowest BCUT2D eigenvalue weighted by molar-refractivity contribution is 0.0674. The van der Waals surface area contributed by atoms with Crippen molar-refractivity contribution in [3.05, 3.63) is 52.7 Å². The Morgan fingerprint density at radius 2 is 2.04 bits per heavy atom. The summed E-state index contributed by atoms with van der Waals surface area (Å²) in [7, 11) is 1.64. The maximum absolute atomic E-state index is 13.2. The highest BCUT2D eigenvalue weighted by atomic mass is 16.5. The van der Waals surface area contributed by atoms with Crippen LogP contribution in [0.25, 0.3) is 5.65 Å². The molecule has 27 heavy (non-hydrogen) atoms. The van der Waals surface area contributed by atoms with E-state index < -0.39 is 0 Å². The van der Waals surface area contributed by atoms with Gasteiger partial charge >= 0.3 is 0 Å². The van der Waals surface area contributed by atoms with Crippen LogP contribution in [0.1, 0.15) is 40.1 Å². The molecule has 3 rings (SSSR count). The van der Waals surface area contributed by atoms with Crippen LogP contribution in [0, 0.1) is 20.8 Å². The lowest BCUT2D eigenvalue weighted by atomic mass is 10.1. The lowest BCUT2D eigenvalue weighted by Gasteiger charge is -2.22. The van der Waals surface area contributed by atoms with Crippen molar-refractivity contribution >= 4 is 11.6 Å². The smallest absolute Gasteiger partial charge is 0.274 e. The minimum absolute atomic E-state index is 0.0989. The van der Waals surface area contributed by atoms with Gasteiger partial charge in [0.2, 0.25) is 0 Å². The van der Waals surface area contributed by atoms with Crippen molar-refractivity contribution in [2.24, 2.45) is 0 Å². The molecule has 0 aliphatic rings. The second kappa shape index (κ2) is 7.92. The first-order valence-electron chi connectivity index (χ1n) is 9.22. The fraction of sp³-hybridized carbons (Fsp3) is 0.450. The van der Waals surface area contributed by atoms with Gasteiger partial charge in [0.1, 0.15) is 11.3 Å². The van der Waals surface area contributed by atoms with Gasteiger partial charge in [-0.3, -0.25) is 9.48 Å². The van der Waals surface area contributed by atoms with Crippen molar-refractivity contribution in [3.8, 4) is 0 Å². The number of aryl methyl sites for hydroxylation is 3. The Morgan fingerprint density at radius 1 is 1.26 bits per heavy atom. The zero-order valence-corrected chi connectivity index (χ0v) is 16.7. The highest BCUT2D eigenvalue weighted by Gasteiger charge is 2.22. The lowest BCUT2D eigenvalue weighted by Crippen LogP contribution is -2.34. The summed E-state index contributed by atoms with van der Waals surface area (Å²) in [6, 6.07) is 5.85. The van der Waals surface area contributed by atoms with E-state index >= 15 is 0 Å². The summed E-state index contributed by atoms with van der Waals surface area (Å²) in [5.74, 6) is -0.0989. The number of imidazole rings is 1. The minimum Gasteiger partial charge on any atom is -0.383 e. The average molecular weight is 369 g/mol. The molecule has 7 nitrogen and oxygen atoms in total. The van der Waals surface area contributed by atoms with Crippen molar-refractivity contribution in [3.63, 3.8) is 0 Å². The highest BCUT2D eigenvalue weighted by Crippen LogP contribution is 2.18. The Bertz CT molecular complexity index is 957. The van der Waals surface area contributed by atoms with Gasteiger partial charge < -0.3 is 14.0 Å². The highest BCUT2D eigenvalue weighted by molar-refractivity contribution is 5.93. The summed E-state index contributed by atoms with van der Waals surface area (Å²) < 4.78 is 9.13. The van der Waals surface area contributed by atoms with Crippen molar-refractivity contribution in [1.82, 2.24) is 24.1 Å². The van der Waals surface area contributed by atoms with Crippen LogP contribution in [0.5, 0.6) is 0 Å². The molecule has 0 saturated heterocycles. The summed E-state index contributed by atoms with van der Waals surface area (Å²) in [4.78, 5) is 19.5. The van der Waals surface area contributed by atoms with Crippen molar-refractivity contribution < 1.29 is 9.53 Å². The molecule has 0 aliphatic heterocycles. The molecule has 3 aromatic heterocycles. The van der Waals surface area contributed by atoms with Crippen LogP contribution in [0.2, 0.25) is 0 Å². The second-order valence-electron chi connectivity index (χ2n) is 6.71. The van der Waals surface area contributed by atoms with Crippen molar-refractivity contribution in [2.45, 2.75) is 40.8 Å². The van der Waals surface area contributed by atoms with Crippen molar-refractivity contribution in [1.29, 1.82) is 0 Å². The molecular weight excluding hydrogens is 342 g/mol. The van der Waals surface area contributed by atoms with E-state index in [0.717, 1.165) is 34.8 Å². The Balaban J connectivity index is 1.92. The van der Waals surface area contributed by atoms with Gasteiger partial charge in [0.15, 0.2) is 0 Å². The minimum atomic E-state index is -0.0989. The number of amides is 1. The van der Waals surface area contributed by atoms with E-state index in [9.17, 15) is 4.79 Å². The third-order valence-electron chi connectivity index (χ3n) is 4.95. The molecule has 0 aliphatic carbocycles. The van der Waals surface area contributed by atoms with Gasteiger partial charge in [0, 0.05) is 49.9 Å². The van der Waals surface area contributed by atoms with Crippen LogP contribution in [0.4, 0.5) is 0 Å². The molecule has 0 atom stereocenters. The number of nitrogens with zero attached hydrogens (tertiary/aromatic N) is 5. The first-order chi connectivity index (χ1) is 13.0. The van der Waals surface area contributed by atoms with Gasteiger partial charge in [-0.2, -0.15) is 5.10 Å². The van der Waals surface area contributed by atoms with E-state index in [1.165, 1.54) is 0 Å². The predicted molar refractivity (Wildman–Crippen MR) is 104 cm³/mol. The van der Waals surface area contributed by atoms with E-state index in [4.69, 9.17) is 4.74 Å². The standard InChI is InChI=1S/C20H27N5O2/c1-6-25-16(4)17(15(3)22-25)12-23(10-11-27-5)20(26)18-13-24-14(2)8-7-9-19(24)21-18/h7-9,13H,6,10-12H2,1-5H3. The van der Waals surface area contributed by atoms with Crippen LogP contribution in [-0.2, 0) is 17.8 Å². The molecule has 0 aromatic carbocycles. The Labute approximate surface area is 159 Å². The number of carbonyl (C=O) groups is 1. The number of pyridine rings is 1. The van der Waals surface area contributed by atoms with E-state index in [2.05, 4.69) is 17.0 Å². The number of aromatic nitrogens is 4. The average Bonchev–Trinajstić information content (AvgIpc) is 3.21. The van der Waals surface area contributed by atoms with Crippen LogP contribution < -0.4 is 0 Å². The molecule has 0 saturated carbocycles. The molecule has 1 amide bonds. The third kappa shape index (κ3) is 3.73. The molecule has 144 valence electrons. The summed E-state index contributed by atoms with van der Waals surface area (Å²) in [6.07, 6.45) is 1.81. The van der Waals surface area contributed by atoms with Gasteiger partial charge in [-0.15, -0.1) is 0 Å². The molecule has 0 unspecified atom stereocenters. The SMILES string of the molecule is CCn1nc(C)c(CN(CCOC)C(=O)c2cn3c(C)cccc3n2)c1C. The largest absolute Gasteiger partial charge is 0.383 e. The van der Waals surface area contributed by atoms with Crippen LogP contribution in [0.15, 0.2) is 24.4 Å². The third-order valence-corrected chi connectivity index (χ3v) is 4.95. The molecule has 0 radical (unpaired) electrons. The second-order valence-corrected chi connectivity index (χ2v) is 6.71. The zero-order chi connectivity index (χ0) is 19.6. The number of hydrogen-bond acceptors (Lipinski definition) is 4. The number of carbonyl (C=O) groups excluding carboxylic acids is 1. The van der Waals surface area contributed by atoms with E-state index in [0.29, 0.717) is 25.4 Å². The topological polar surface area (TPSA) is 64.7 Å². The Hall–Kier alpha value is -2.67. The Kier molecular flexibility index (Phi) is 5.60. The monoisotopic (exact) mass is 369 g/mol.